The minimum atomic E-state index is -4.35. The van der Waals surface area contributed by atoms with Crippen molar-refractivity contribution in [2.24, 2.45) is 5.92 Å². The summed E-state index contributed by atoms with van der Waals surface area (Å²) < 4.78 is 38.1. The summed E-state index contributed by atoms with van der Waals surface area (Å²) >= 11 is 1.43. The number of amides is 1. The van der Waals surface area contributed by atoms with Crippen LogP contribution in [0.15, 0.2) is 16.8 Å². The maximum absolute atomic E-state index is 12.7. The number of halogens is 3. The van der Waals surface area contributed by atoms with Crippen LogP contribution in [0.2, 0.25) is 0 Å². The van der Waals surface area contributed by atoms with Gasteiger partial charge in [-0.3, -0.25) is 4.79 Å². The first-order valence-electron chi connectivity index (χ1n) is 7.79. The molecule has 1 aromatic rings. The lowest BCUT2D eigenvalue weighted by atomic mass is 9.86. The van der Waals surface area contributed by atoms with Crippen LogP contribution in [0.25, 0.3) is 0 Å². The summed E-state index contributed by atoms with van der Waals surface area (Å²) in [6.45, 7) is -1.11. The molecule has 0 aromatic carbocycles. The van der Waals surface area contributed by atoms with Crippen LogP contribution < -0.4 is 0 Å². The van der Waals surface area contributed by atoms with Crippen LogP contribution in [0.4, 0.5) is 13.2 Å². The summed E-state index contributed by atoms with van der Waals surface area (Å²) in [6, 6.07) is 1.77. The Hall–Kier alpha value is -1.04. The molecule has 0 saturated heterocycles. The summed E-state index contributed by atoms with van der Waals surface area (Å²) in [5, 5.41) is 3.60. The van der Waals surface area contributed by atoms with E-state index in [-0.39, 0.29) is 18.9 Å². The lowest BCUT2D eigenvalue weighted by molar-refractivity contribution is -0.162. The Morgan fingerprint density at radius 3 is 2.59 bits per heavy atom. The van der Waals surface area contributed by atoms with Crippen molar-refractivity contribution >= 4 is 17.2 Å². The largest absolute Gasteiger partial charge is 0.406 e. The SMILES string of the molecule is O=C(CCC1CCCCC1)N(Cc1ccsc1)CC(F)(F)F. The van der Waals surface area contributed by atoms with Gasteiger partial charge in [-0.2, -0.15) is 24.5 Å². The van der Waals surface area contributed by atoms with Gasteiger partial charge in [-0.1, -0.05) is 32.1 Å². The summed E-state index contributed by atoms with van der Waals surface area (Å²) in [7, 11) is 0. The predicted octanol–water partition coefficient (Wildman–Crippen LogP) is 5.00. The molecule has 1 amide bonds. The number of rotatable bonds is 6. The van der Waals surface area contributed by atoms with Crippen molar-refractivity contribution in [3.8, 4) is 0 Å². The highest BCUT2D eigenvalue weighted by atomic mass is 32.1. The van der Waals surface area contributed by atoms with Crippen LogP contribution in [0.1, 0.15) is 50.5 Å². The number of hydrogen-bond donors (Lipinski definition) is 0. The number of thiophene rings is 1. The van der Waals surface area contributed by atoms with Crippen LogP contribution >= 0.6 is 11.3 Å². The third-order valence-corrected chi connectivity index (χ3v) is 4.90. The molecule has 0 aliphatic heterocycles. The summed E-state index contributed by atoms with van der Waals surface area (Å²) in [5.41, 5.74) is 0.764. The Labute approximate surface area is 133 Å². The van der Waals surface area contributed by atoms with Crippen LogP contribution in [-0.2, 0) is 11.3 Å². The normalized spacial score (nSPS) is 16.7. The molecular weight excluding hydrogens is 311 g/mol. The summed E-state index contributed by atoms with van der Waals surface area (Å²) in [5.74, 6) is 0.126. The topological polar surface area (TPSA) is 20.3 Å². The average Bonchev–Trinajstić information content (AvgIpc) is 2.97. The van der Waals surface area contributed by atoms with Gasteiger partial charge in [0.1, 0.15) is 6.54 Å². The molecule has 2 nitrogen and oxygen atoms in total. The molecule has 1 fully saturated rings. The predicted molar refractivity (Wildman–Crippen MR) is 81.6 cm³/mol. The van der Waals surface area contributed by atoms with Gasteiger partial charge >= 0.3 is 6.18 Å². The molecule has 0 radical (unpaired) electrons. The van der Waals surface area contributed by atoms with Gasteiger partial charge in [0.15, 0.2) is 0 Å². The molecule has 1 saturated carbocycles. The number of hydrogen-bond acceptors (Lipinski definition) is 2. The second kappa shape index (κ2) is 7.99. The Balaban J connectivity index is 1.89. The molecule has 124 valence electrons. The fourth-order valence-corrected chi connectivity index (χ4v) is 3.67. The van der Waals surface area contributed by atoms with E-state index in [0.29, 0.717) is 5.92 Å². The van der Waals surface area contributed by atoms with E-state index in [4.69, 9.17) is 0 Å². The first kappa shape index (κ1) is 17.3. The lowest BCUT2D eigenvalue weighted by Crippen LogP contribution is -2.38. The van der Waals surface area contributed by atoms with Gasteiger partial charge in [0.05, 0.1) is 0 Å². The van der Waals surface area contributed by atoms with E-state index >= 15 is 0 Å². The zero-order valence-corrected chi connectivity index (χ0v) is 13.4. The van der Waals surface area contributed by atoms with Crippen LogP contribution in [-0.4, -0.2) is 23.5 Å². The molecule has 0 spiro atoms. The van der Waals surface area contributed by atoms with Gasteiger partial charge in [-0.15, -0.1) is 0 Å². The second-order valence-electron chi connectivity index (χ2n) is 6.04. The molecule has 0 bridgehead atoms. The van der Waals surface area contributed by atoms with E-state index in [2.05, 4.69) is 0 Å². The van der Waals surface area contributed by atoms with Gasteiger partial charge in [0, 0.05) is 13.0 Å². The van der Waals surface area contributed by atoms with Gasteiger partial charge < -0.3 is 4.90 Å². The molecule has 1 aliphatic carbocycles. The van der Waals surface area contributed by atoms with E-state index in [1.165, 1.54) is 30.6 Å². The Morgan fingerprint density at radius 2 is 2.00 bits per heavy atom. The number of nitrogens with zero attached hydrogens (tertiary/aromatic N) is 1. The Bertz CT molecular complexity index is 452. The first-order valence-corrected chi connectivity index (χ1v) is 8.74. The van der Waals surface area contributed by atoms with E-state index in [1.54, 1.807) is 11.4 Å². The Morgan fingerprint density at radius 1 is 1.27 bits per heavy atom. The maximum Gasteiger partial charge on any atom is 0.406 e. The fourth-order valence-electron chi connectivity index (χ4n) is 3.01. The fraction of sp³-hybridized carbons (Fsp3) is 0.688. The highest BCUT2D eigenvalue weighted by molar-refractivity contribution is 7.07. The number of carbonyl (C=O) groups is 1. The van der Waals surface area contributed by atoms with Crippen molar-refractivity contribution in [2.45, 2.75) is 57.7 Å². The van der Waals surface area contributed by atoms with E-state index in [0.717, 1.165) is 29.7 Å². The van der Waals surface area contributed by atoms with Crippen LogP contribution in [0, 0.1) is 5.92 Å². The number of alkyl halides is 3. The van der Waals surface area contributed by atoms with E-state index < -0.39 is 12.7 Å². The first-order chi connectivity index (χ1) is 10.4. The van der Waals surface area contributed by atoms with Crippen molar-refractivity contribution in [3.63, 3.8) is 0 Å². The molecule has 1 aliphatic rings. The molecule has 0 N–H and O–H groups in total. The smallest absolute Gasteiger partial charge is 0.329 e. The van der Waals surface area contributed by atoms with Crippen molar-refractivity contribution in [3.05, 3.63) is 22.4 Å². The molecule has 1 heterocycles. The molecule has 2 rings (SSSR count). The molecule has 1 aromatic heterocycles. The Kier molecular flexibility index (Phi) is 6.29. The molecule has 0 unspecified atom stereocenters. The standard InChI is InChI=1S/C16H22F3NOS/c17-16(18,19)12-20(10-14-8-9-22-11-14)15(21)7-6-13-4-2-1-3-5-13/h8-9,11,13H,1-7,10,12H2. The van der Waals surface area contributed by atoms with Crippen molar-refractivity contribution < 1.29 is 18.0 Å². The average molecular weight is 333 g/mol. The van der Waals surface area contributed by atoms with Crippen molar-refractivity contribution in [1.82, 2.24) is 4.90 Å². The van der Waals surface area contributed by atoms with Gasteiger partial charge in [0.2, 0.25) is 5.91 Å². The van der Waals surface area contributed by atoms with E-state index in [1.807, 2.05) is 5.38 Å². The third kappa shape index (κ3) is 5.99. The minimum absolute atomic E-state index is 0.0481. The quantitative estimate of drug-likeness (QED) is 0.717. The molecule has 0 atom stereocenters. The highest BCUT2D eigenvalue weighted by Crippen LogP contribution is 2.28. The van der Waals surface area contributed by atoms with Gasteiger partial charge in [-0.05, 0) is 34.7 Å². The molecule has 22 heavy (non-hydrogen) atoms. The maximum atomic E-state index is 12.7. The zero-order valence-electron chi connectivity index (χ0n) is 12.6. The lowest BCUT2D eigenvalue weighted by Gasteiger charge is -2.26. The summed E-state index contributed by atoms with van der Waals surface area (Å²) in [4.78, 5) is 13.2. The number of carbonyl (C=O) groups excluding carboxylic acids is 1. The van der Waals surface area contributed by atoms with Crippen molar-refractivity contribution in [1.29, 1.82) is 0 Å². The van der Waals surface area contributed by atoms with E-state index in [9.17, 15) is 18.0 Å². The van der Waals surface area contributed by atoms with Gasteiger partial charge in [-0.25, -0.2) is 0 Å². The van der Waals surface area contributed by atoms with Gasteiger partial charge in [0.25, 0.3) is 0 Å². The summed E-state index contributed by atoms with van der Waals surface area (Å²) in [6.07, 6.45) is 2.41. The molecular formula is C16H22F3NOS. The second-order valence-corrected chi connectivity index (χ2v) is 6.82. The van der Waals surface area contributed by atoms with Crippen LogP contribution in [0.3, 0.4) is 0 Å². The third-order valence-electron chi connectivity index (χ3n) is 4.17. The van der Waals surface area contributed by atoms with Crippen molar-refractivity contribution in [2.75, 3.05) is 6.54 Å². The zero-order chi connectivity index (χ0) is 16.0. The monoisotopic (exact) mass is 333 g/mol. The highest BCUT2D eigenvalue weighted by Gasteiger charge is 2.33. The molecule has 6 heteroatoms. The minimum Gasteiger partial charge on any atom is -0.329 e. The van der Waals surface area contributed by atoms with Crippen LogP contribution in [0.5, 0.6) is 0 Å².